The molecular formula is C63H119NO5. The van der Waals surface area contributed by atoms with Crippen LogP contribution in [0.5, 0.6) is 0 Å². The molecule has 0 aliphatic carbocycles. The number of aliphatic hydroxyl groups excluding tert-OH is 2. The molecule has 0 aromatic carbocycles. The lowest BCUT2D eigenvalue weighted by Gasteiger charge is -2.20. The molecule has 1 amide bonds. The van der Waals surface area contributed by atoms with E-state index in [9.17, 15) is 19.8 Å². The zero-order valence-corrected chi connectivity index (χ0v) is 46.3. The van der Waals surface area contributed by atoms with E-state index in [4.69, 9.17) is 4.74 Å². The van der Waals surface area contributed by atoms with Crippen molar-refractivity contribution in [2.24, 2.45) is 0 Å². The summed E-state index contributed by atoms with van der Waals surface area (Å²) >= 11 is 0. The van der Waals surface area contributed by atoms with E-state index in [-0.39, 0.29) is 18.5 Å². The fourth-order valence-corrected chi connectivity index (χ4v) is 9.43. The minimum absolute atomic E-state index is 0.0137. The number of unbranched alkanes of at least 4 members (excludes halogenated alkanes) is 42. The van der Waals surface area contributed by atoms with Crippen LogP contribution in [0.4, 0.5) is 0 Å². The summed E-state index contributed by atoms with van der Waals surface area (Å²) in [5.74, 6) is -0.0925. The smallest absolute Gasteiger partial charge is 0.305 e. The van der Waals surface area contributed by atoms with Gasteiger partial charge in [0.15, 0.2) is 0 Å². The molecule has 406 valence electrons. The molecule has 0 radical (unpaired) electrons. The van der Waals surface area contributed by atoms with Crippen LogP contribution in [0.1, 0.15) is 328 Å². The van der Waals surface area contributed by atoms with E-state index >= 15 is 0 Å². The molecule has 0 aromatic rings. The Bertz CT molecular complexity index is 1120. The Hall–Kier alpha value is -1.92. The molecule has 0 saturated carbocycles. The van der Waals surface area contributed by atoms with Crippen LogP contribution in [-0.4, -0.2) is 47.4 Å². The zero-order chi connectivity index (χ0) is 50.0. The SMILES string of the molecule is CCCCCC/C=C\C/C=C\CCCCCCCCCC(=O)OCCCCCCCCCCCCCCCC(=O)NC(CO)C(O)/C=C/CCCCCCCCCCCCCCCCCCCCC. The topological polar surface area (TPSA) is 95.9 Å². The Morgan fingerprint density at radius 3 is 1.12 bits per heavy atom. The van der Waals surface area contributed by atoms with Gasteiger partial charge in [-0.3, -0.25) is 9.59 Å². The molecule has 0 heterocycles. The molecule has 0 rings (SSSR count). The summed E-state index contributed by atoms with van der Waals surface area (Å²) in [6.45, 7) is 4.88. The number of aliphatic hydroxyl groups is 2. The molecule has 6 heteroatoms. The van der Waals surface area contributed by atoms with Crippen LogP contribution in [0.15, 0.2) is 36.5 Å². The molecule has 3 N–H and O–H groups in total. The van der Waals surface area contributed by atoms with E-state index in [1.807, 2.05) is 6.08 Å². The first-order valence-corrected chi connectivity index (χ1v) is 30.8. The first kappa shape index (κ1) is 67.1. The maximum absolute atomic E-state index is 12.5. The van der Waals surface area contributed by atoms with E-state index in [1.54, 1.807) is 6.08 Å². The maximum atomic E-state index is 12.5. The third-order valence-electron chi connectivity index (χ3n) is 14.2. The Kier molecular flexibility index (Phi) is 57.0. The second-order valence-corrected chi connectivity index (χ2v) is 21.0. The van der Waals surface area contributed by atoms with Gasteiger partial charge in [0.1, 0.15) is 0 Å². The number of carbonyl (C=O) groups excluding carboxylic acids is 2. The van der Waals surface area contributed by atoms with Crippen molar-refractivity contribution in [3.05, 3.63) is 36.5 Å². The van der Waals surface area contributed by atoms with Crippen molar-refractivity contribution in [2.75, 3.05) is 13.2 Å². The highest BCUT2D eigenvalue weighted by Gasteiger charge is 2.18. The largest absolute Gasteiger partial charge is 0.466 e. The molecule has 0 bridgehead atoms. The van der Waals surface area contributed by atoms with Crippen molar-refractivity contribution < 1.29 is 24.5 Å². The van der Waals surface area contributed by atoms with E-state index in [0.717, 1.165) is 64.2 Å². The molecule has 0 spiro atoms. The van der Waals surface area contributed by atoms with Crippen LogP contribution >= 0.6 is 0 Å². The van der Waals surface area contributed by atoms with E-state index < -0.39 is 12.1 Å². The summed E-state index contributed by atoms with van der Waals surface area (Å²) < 4.78 is 5.48. The van der Waals surface area contributed by atoms with Crippen molar-refractivity contribution in [3.8, 4) is 0 Å². The fourth-order valence-electron chi connectivity index (χ4n) is 9.43. The van der Waals surface area contributed by atoms with Gasteiger partial charge in [-0.1, -0.05) is 288 Å². The Balaban J connectivity index is 3.48. The molecular weight excluding hydrogens is 851 g/mol. The minimum Gasteiger partial charge on any atom is -0.466 e. The van der Waals surface area contributed by atoms with Crippen molar-refractivity contribution in [1.29, 1.82) is 0 Å². The third kappa shape index (κ3) is 55.2. The first-order chi connectivity index (χ1) is 34.0. The number of hydrogen-bond acceptors (Lipinski definition) is 5. The molecule has 6 nitrogen and oxygen atoms in total. The maximum Gasteiger partial charge on any atom is 0.305 e. The average molecular weight is 971 g/mol. The molecule has 2 unspecified atom stereocenters. The summed E-state index contributed by atoms with van der Waals surface area (Å²) in [4.78, 5) is 24.6. The second kappa shape index (κ2) is 58.6. The van der Waals surface area contributed by atoms with E-state index in [0.29, 0.717) is 19.4 Å². The summed E-state index contributed by atoms with van der Waals surface area (Å²) in [7, 11) is 0. The van der Waals surface area contributed by atoms with Crippen molar-refractivity contribution in [2.45, 2.75) is 341 Å². The number of allylic oxidation sites excluding steroid dienone is 5. The molecule has 0 saturated heterocycles. The number of nitrogens with one attached hydrogen (secondary N) is 1. The molecule has 0 aromatic heterocycles. The van der Waals surface area contributed by atoms with Gasteiger partial charge in [0.25, 0.3) is 0 Å². The highest BCUT2D eigenvalue weighted by molar-refractivity contribution is 5.76. The number of carbonyl (C=O) groups is 2. The van der Waals surface area contributed by atoms with Crippen LogP contribution in [0.2, 0.25) is 0 Å². The Labute approximate surface area is 430 Å². The first-order valence-electron chi connectivity index (χ1n) is 30.8. The van der Waals surface area contributed by atoms with Crippen molar-refractivity contribution in [3.63, 3.8) is 0 Å². The highest BCUT2D eigenvalue weighted by atomic mass is 16.5. The summed E-state index contributed by atoms with van der Waals surface area (Å²) in [5, 5.41) is 23.2. The van der Waals surface area contributed by atoms with Gasteiger partial charge >= 0.3 is 5.97 Å². The average Bonchev–Trinajstić information content (AvgIpc) is 3.35. The summed E-state index contributed by atoms with van der Waals surface area (Å²) in [6, 6.07) is -0.639. The number of ether oxygens (including phenoxy) is 1. The second-order valence-electron chi connectivity index (χ2n) is 21.0. The van der Waals surface area contributed by atoms with Crippen LogP contribution in [0.25, 0.3) is 0 Å². The monoisotopic (exact) mass is 970 g/mol. The minimum atomic E-state index is -0.855. The molecule has 2 atom stereocenters. The number of hydrogen-bond donors (Lipinski definition) is 3. The highest BCUT2D eigenvalue weighted by Crippen LogP contribution is 2.17. The van der Waals surface area contributed by atoms with Gasteiger partial charge in [0, 0.05) is 12.8 Å². The van der Waals surface area contributed by atoms with Crippen LogP contribution in [-0.2, 0) is 14.3 Å². The van der Waals surface area contributed by atoms with Gasteiger partial charge in [-0.15, -0.1) is 0 Å². The normalized spacial score (nSPS) is 12.8. The van der Waals surface area contributed by atoms with Crippen molar-refractivity contribution in [1.82, 2.24) is 5.32 Å². The van der Waals surface area contributed by atoms with Gasteiger partial charge < -0.3 is 20.3 Å². The number of rotatable bonds is 57. The van der Waals surface area contributed by atoms with E-state index in [2.05, 4.69) is 43.5 Å². The standard InChI is InChI=1S/C63H119NO5/c1-3-5-7-9-11-13-15-17-19-21-23-24-25-26-28-31-35-39-43-47-51-55-61(66)60(59-65)64-62(67)56-52-48-44-40-36-32-30-34-38-42-46-50-54-58-69-63(68)57-53-49-45-41-37-33-29-27-22-20-18-16-14-12-10-8-6-4-2/h14,16,20,22,51,55,60-61,65-66H,3-13,15,17-19,21,23-50,52-54,56-59H2,1-2H3,(H,64,67)/b16-14-,22-20-,55-51+. The molecule has 0 aliphatic heterocycles. The lowest BCUT2D eigenvalue weighted by molar-refractivity contribution is -0.143. The molecule has 0 aliphatic rings. The van der Waals surface area contributed by atoms with Gasteiger partial charge in [0.2, 0.25) is 5.91 Å². The molecule has 0 fully saturated rings. The van der Waals surface area contributed by atoms with Crippen LogP contribution in [0.3, 0.4) is 0 Å². The Morgan fingerprint density at radius 1 is 0.406 bits per heavy atom. The predicted molar refractivity (Wildman–Crippen MR) is 301 cm³/mol. The predicted octanol–water partition coefficient (Wildman–Crippen LogP) is 19.2. The fraction of sp³-hybridized carbons (Fsp3) is 0.873. The van der Waals surface area contributed by atoms with E-state index in [1.165, 1.54) is 238 Å². The third-order valence-corrected chi connectivity index (χ3v) is 14.2. The quantitative estimate of drug-likeness (QED) is 0.0321. The lowest BCUT2D eigenvalue weighted by atomic mass is 10.0. The number of esters is 1. The summed E-state index contributed by atoms with van der Waals surface area (Å²) in [6.07, 6.45) is 73.1. The lowest BCUT2D eigenvalue weighted by Crippen LogP contribution is -2.45. The van der Waals surface area contributed by atoms with Crippen molar-refractivity contribution >= 4 is 11.9 Å². The van der Waals surface area contributed by atoms with Gasteiger partial charge in [0.05, 0.1) is 25.4 Å². The zero-order valence-electron chi connectivity index (χ0n) is 46.3. The van der Waals surface area contributed by atoms with Gasteiger partial charge in [-0.2, -0.15) is 0 Å². The van der Waals surface area contributed by atoms with Gasteiger partial charge in [-0.25, -0.2) is 0 Å². The van der Waals surface area contributed by atoms with Crippen LogP contribution < -0.4 is 5.32 Å². The Morgan fingerprint density at radius 2 is 0.725 bits per heavy atom. The molecule has 69 heavy (non-hydrogen) atoms. The van der Waals surface area contributed by atoms with Gasteiger partial charge in [-0.05, 0) is 64.2 Å². The summed E-state index contributed by atoms with van der Waals surface area (Å²) in [5.41, 5.74) is 0. The number of amides is 1. The van der Waals surface area contributed by atoms with Crippen LogP contribution in [0, 0.1) is 0 Å².